The van der Waals surface area contributed by atoms with Crippen molar-refractivity contribution in [1.82, 2.24) is 9.66 Å². The van der Waals surface area contributed by atoms with E-state index >= 15 is 0 Å². The second-order valence-electron chi connectivity index (χ2n) is 6.73. The lowest BCUT2D eigenvalue weighted by molar-refractivity contribution is -0.385. The van der Waals surface area contributed by atoms with Gasteiger partial charge in [-0.15, -0.1) is 0 Å². The largest absolute Gasteiger partial charge is 0.472 e. The molecule has 0 aliphatic rings. The van der Waals surface area contributed by atoms with Crippen molar-refractivity contribution in [2.45, 2.75) is 26.2 Å². The van der Waals surface area contributed by atoms with E-state index in [1.54, 1.807) is 24.3 Å². The van der Waals surface area contributed by atoms with Crippen LogP contribution in [0.3, 0.4) is 0 Å². The van der Waals surface area contributed by atoms with Gasteiger partial charge in [0.25, 0.3) is 5.56 Å². The first-order valence-electron chi connectivity index (χ1n) is 9.40. The minimum atomic E-state index is -0.601. The Morgan fingerprint density at radius 1 is 1.39 bits per heavy atom. The molecule has 10 heteroatoms. The third-order valence-electron chi connectivity index (χ3n) is 4.68. The number of fused-ring (bicyclic) bond motifs is 1. The number of nitro benzene ring substituents is 1. The second-order valence-corrected chi connectivity index (χ2v) is 7.65. The number of aromatic nitrogens is 2. The van der Waals surface area contributed by atoms with E-state index in [2.05, 4.69) is 26.0 Å². The number of hydrogen-bond donors (Lipinski definition) is 0. The van der Waals surface area contributed by atoms with Crippen molar-refractivity contribution in [3.63, 3.8) is 0 Å². The molecule has 0 spiro atoms. The maximum atomic E-state index is 13.1. The number of nitrogens with zero attached hydrogens (tertiary/aromatic N) is 5. The van der Waals surface area contributed by atoms with Crippen molar-refractivity contribution in [3.05, 3.63) is 72.7 Å². The van der Waals surface area contributed by atoms with Crippen LogP contribution in [0.1, 0.15) is 37.6 Å². The van der Waals surface area contributed by atoms with Crippen LogP contribution in [0, 0.1) is 21.4 Å². The van der Waals surface area contributed by atoms with Crippen molar-refractivity contribution in [3.8, 4) is 11.8 Å². The van der Waals surface area contributed by atoms with Gasteiger partial charge in [0.2, 0.25) is 0 Å². The molecule has 1 aromatic heterocycles. The zero-order chi connectivity index (χ0) is 22.5. The highest BCUT2D eigenvalue weighted by Crippen LogP contribution is 2.27. The van der Waals surface area contributed by atoms with E-state index in [0.717, 1.165) is 10.9 Å². The van der Waals surface area contributed by atoms with Gasteiger partial charge in [-0.3, -0.25) is 14.9 Å². The van der Waals surface area contributed by atoms with Gasteiger partial charge in [-0.1, -0.05) is 29.8 Å². The summed E-state index contributed by atoms with van der Waals surface area (Å²) in [7, 11) is 0. The van der Waals surface area contributed by atoms with E-state index in [1.165, 1.54) is 23.0 Å². The average molecular weight is 484 g/mol. The van der Waals surface area contributed by atoms with Crippen LogP contribution in [0.5, 0.6) is 5.75 Å². The summed E-state index contributed by atoms with van der Waals surface area (Å²) in [6.45, 7) is 3.63. The number of ether oxygens (including phenoxy) is 1. The molecule has 0 unspecified atom stereocenters. The van der Waals surface area contributed by atoms with Crippen LogP contribution >= 0.6 is 15.9 Å². The molecule has 0 aliphatic carbocycles. The molecule has 1 heterocycles. The van der Waals surface area contributed by atoms with E-state index < -0.39 is 4.92 Å². The fourth-order valence-electron chi connectivity index (χ4n) is 2.89. The summed E-state index contributed by atoms with van der Waals surface area (Å²) in [6, 6.07) is 11.3. The van der Waals surface area contributed by atoms with Gasteiger partial charge in [-0.2, -0.15) is 15.0 Å². The first-order valence-corrected chi connectivity index (χ1v) is 10.2. The number of benzene rings is 2. The van der Waals surface area contributed by atoms with E-state index in [1.807, 2.05) is 19.9 Å². The van der Waals surface area contributed by atoms with Gasteiger partial charge < -0.3 is 4.74 Å². The van der Waals surface area contributed by atoms with Gasteiger partial charge in [0.1, 0.15) is 11.9 Å². The molecule has 0 aliphatic heterocycles. The van der Waals surface area contributed by atoms with E-state index in [0.29, 0.717) is 22.3 Å². The Morgan fingerprint density at radius 3 is 2.84 bits per heavy atom. The molecule has 0 radical (unpaired) electrons. The minimum Gasteiger partial charge on any atom is -0.472 e. The lowest BCUT2D eigenvalue weighted by Crippen LogP contribution is -2.23. The highest BCUT2D eigenvalue weighted by Gasteiger charge is 2.17. The Kier molecular flexibility index (Phi) is 6.77. The number of rotatable bonds is 7. The number of halogens is 1. The standard InChI is InChI=1S/C21H18BrN5O4/c1-3-13(2)20-25-17-6-5-15(22)11-16(17)21(28)26(20)24-12-14-4-7-19(31-9-8-23)18(10-14)27(29)30/h4-7,10-13H,3,9H2,1-2H3/t13-/m0/s1. The number of nitriles is 1. The highest BCUT2D eigenvalue weighted by molar-refractivity contribution is 9.10. The summed E-state index contributed by atoms with van der Waals surface area (Å²) in [4.78, 5) is 28.5. The SMILES string of the molecule is CC[C@H](C)c1nc2ccc(Br)cc2c(=O)n1N=Cc1ccc(OCC#N)c([N+](=O)[O-])c1. The molecule has 0 N–H and O–H groups in total. The molecular weight excluding hydrogens is 466 g/mol. The van der Waals surface area contributed by atoms with E-state index in [-0.39, 0.29) is 29.5 Å². The molecule has 31 heavy (non-hydrogen) atoms. The zero-order valence-electron chi connectivity index (χ0n) is 16.8. The summed E-state index contributed by atoms with van der Waals surface area (Å²) in [6.07, 6.45) is 2.11. The molecular formula is C21H18BrN5O4. The van der Waals surface area contributed by atoms with Crippen LogP contribution in [-0.2, 0) is 0 Å². The van der Waals surface area contributed by atoms with Gasteiger partial charge in [0.15, 0.2) is 12.4 Å². The fraction of sp³-hybridized carbons (Fsp3) is 0.238. The predicted octanol–water partition coefficient (Wildman–Crippen LogP) is 4.37. The van der Waals surface area contributed by atoms with Crippen molar-refractivity contribution < 1.29 is 9.66 Å². The molecule has 158 valence electrons. The molecule has 3 aromatic rings. The molecule has 1 atom stereocenters. The average Bonchev–Trinajstić information content (AvgIpc) is 2.76. The van der Waals surface area contributed by atoms with Gasteiger partial charge in [-0.05, 0) is 36.8 Å². The highest BCUT2D eigenvalue weighted by atomic mass is 79.9. The fourth-order valence-corrected chi connectivity index (χ4v) is 3.25. The Balaban J connectivity index is 2.11. The lowest BCUT2D eigenvalue weighted by atomic mass is 10.1. The monoisotopic (exact) mass is 483 g/mol. The van der Waals surface area contributed by atoms with Crippen molar-refractivity contribution in [1.29, 1.82) is 5.26 Å². The summed E-state index contributed by atoms with van der Waals surface area (Å²) < 4.78 is 7.07. The normalized spacial score (nSPS) is 12.1. The molecule has 2 aromatic carbocycles. The first kappa shape index (κ1) is 22.1. The van der Waals surface area contributed by atoms with Crippen LogP contribution in [0.2, 0.25) is 0 Å². The third kappa shape index (κ3) is 4.78. The van der Waals surface area contributed by atoms with Gasteiger partial charge in [0.05, 0.1) is 22.0 Å². The number of hydrogen-bond acceptors (Lipinski definition) is 7. The molecule has 9 nitrogen and oxygen atoms in total. The van der Waals surface area contributed by atoms with Crippen LogP contribution < -0.4 is 10.3 Å². The van der Waals surface area contributed by atoms with Crippen LogP contribution in [0.25, 0.3) is 10.9 Å². The first-order chi connectivity index (χ1) is 14.8. The molecule has 3 rings (SSSR count). The van der Waals surface area contributed by atoms with Crippen molar-refractivity contribution in [2.24, 2.45) is 5.10 Å². The number of nitro groups is 1. The second kappa shape index (κ2) is 9.49. The topological polar surface area (TPSA) is 123 Å². The molecule has 0 amide bonds. The van der Waals surface area contributed by atoms with Crippen LogP contribution in [0.4, 0.5) is 5.69 Å². The van der Waals surface area contributed by atoms with Gasteiger partial charge in [-0.25, -0.2) is 4.98 Å². The maximum absolute atomic E-state index is 13.1. The minimum absolute atomic E-state index is 0.0154. The van der Waals surface area contributed by atoms with Gasteiger partial charge >= 0.3 is 5.69 Å². The van der Waals surface area contributed by atoms with Gasteiger partial charge in [0, 0.05) is 22.0 Å². The quantitative estimate of drug-likeness (QED) is 0.279. The Bertz CT molecular complexity index is 1280. The summed E-state index contributed by atoms with van der Waals surface area (Å²) >= 11 is 3.36. The van der Waals surface area contributed by atoms with Crippen molar-refractivity contribution >= 4 is 38.7 Å². The Labute approximate surface area is 185 Å². The van der Waals surface area contributed by atoms with E-state index in [9.17, 15) is 14.9 Å². The third-order valence-corrected chi connectivity index (χ3v) is 5.17. The summed E-state index contributed by atoms with van der Waals surface area (Å²) in [5.74, 6) is 0.453. The maximum Gasteiger partial charge on any atom is 0.311 e. The van der Waals surface area contributed by atoms with E-state index in [4.69, 9.17) is 10.00 Å². The smallest absolute Gasteiger partial charge is 0.311 e. The molecule has 0 saturated carbocycles. The molecule has 0 bridgehead atoms. The zero-order valence-corrected chi connectivity index (χ0v) is 18.4. The predicted molar refractivity (Wildman–Crippen MR) is 120 cm³/mol. The Morgan fingerprint density at radius 2 is 2.16 bits per heavy atom. The lowest BCUT2D eigenvalue weighted by Gasteiger charge is -2.14. The van der Waals surface area contributed by atoms with Crippen molar-refractivity contribution in [2.75, 3.05) is 6.61 Å². The van der Waals surface area contributed by atoms with Crippen LogP contribution in [0.15, 0.2) is 50.8 Å². The van der Waals surface area contributed by atoms with Crippen LogP contribution in [-0.4, -0.2) is 27.4 Å². The Hall–Kier alpha value is -3.58. The summed E-state index contributed by atoms with van der Waals surface area (Å²) in [5, 5.41) is 24.7. The molecule has 0 saturated heterocycles. The summed E-state index contributed by atoms with van der Waals surface area (Å²) in [5.41, 5.74) is 0.340. The molecule has 0 fully saturated rings.